The quantitative estimate of drug-likeness (QED) is 0.816. The molecule has 0 amide bonds. The second-order valence-corrected chi connectivity index (χ2v) is 4.50. The topological polar surface area (TPSA) is 52.3 Å². The number of benzene rings is 1. The molecule has 0 saturated heterocycles. The van der Waals surface area contributed by atoms with Gasteiger partial charge in [-0.05, 0) is 36.5 Å². The van der Waals surface area contributed by atoms with Crippen molar-refractivity contribution in [2.45, 2.75) is 39.7 Å². The van der Waals surface area contributed by atoms with E-state index in [0.29, 0.717) is 12.5 Å². The monoisotopic (exact) mass is 235 g/mol. The zero-order chi connectivity index (χ0) is 13.0. The summed E-state index contributed by atoms with van der Waals surface area (Å²) in [5.74, 6) is 0.0558. The lowest BCUT2D eigenvalue weighted by atomic mass is 9.94. The normalized spacial score (nSPS) is 12.6. The lowest BCUT2D eigenvalue weighted by Gasteiger charge is -2.16. The van der Waals surface area contributed by atoms with Crippen molar-refractivity contribution < 1.29 is 9.53 Å². The molecule has 0 radical (unpaired) electrons. The van der Waals surface area contributed by atoms with Gasteiger partial charge >= 0.3 is 5.97 Å². The summed E-state index contributed by atoms with van der Waals surface area (Å²) < 4.78 is 4.95. The Hall–Kier alpha value is -1.35. The van der Waals surface area contributed by atoms with E-state index >= 15 is 0 Å². The van der Waals surface area contributed by atoms with Gasteiger partial charge in [-0.15, -0.1) is 0 Å². The second kappa shape index (κ2) is 5.82. The van der Waals surface area contributed by atoms with E-state index in [1.807, 2.05) is 19.1 Å². The smallest absolute Gasteiger partial charge is 0.327 e. The number of hydrogen-bond acceptors (Lipinski definition) is 3. The van der Waals surface area contributed by atoms with Crippen LogP contribution in [0.1, 0.15) is 49.4 Å². The van der Waals surface area contributed by atoms with Crippen molar-refractivity contribution in [2.24, 2.45) is 5.73 Å². The molecule has 0 saturated carbocycles. The fraction of sp³-hybridized carbons (Fsp3) is 0.500. The first-order valence-electron chi connectivity index (χ1n) is 6.00. The number of esters is 1. The zero-order valence-corrected chi connectivity index (χ0v) is 11.0. The molecule has 0 spiro atoms. The van der Waals surface area contributed by atoms with Gasteiger partial charge in [0.1, 0.15) is 6.04 Å². The number of hydrogen-bond donors (Lipinski definition) is 1. The van der Waals surface area contributed by atoms with Gasteiger partial charge in [0.2, 0.25) is 0 Å². The van der Waals surface area contributed by atoms with Gasteiger partial charge in [0.05, 0.1) is 6.61 Å². The molecule has 0 aliphatic carbocycles. The molecule has 1 aromatic carbocycles. The molecule has 1 atom stereocenters. The highest BCUT2D eigenvalue weighted by Gasteiger charge is 2.19. The maximum atomic E-state index is 11.6. The van der Waals surface area contributed by atoms with Gasteiger partial charge in [0.15, 0.2) is 0 Å². The molecule has 0 aliphatic heterocycles. The van der Waals surface area contributed by atoms with Crippen molar-refractivity contribution in [3.8, 4) is 0 Å². The Morgan fingerprint density at radius 3 is 2.59 bits per heavy atom. The highest BCUT2D eigenvalue weighted by Crippen LogP contribution is 2.23. The van der Waals surface area contributed by atoms with Crippen LogP contribution in [-0.4, -0.2) is 12.6 Å². The number of nitrogens with two attached hydrogens (primary N) is 1. The molecule has 3 heteroatoms. The first-order chi connectivity index (χ1) is 7.97. The standard InChI is InChI=1S/C14H21NO2/c1-5-17-14(16)13(15)12-8-11(9(2)3)7-6-10(12)4/h6-9,13H,5,15H2,1-4H3. The van der Waals surface area contributed by atoms with Gasteiger partial charge in [0.25, 0.3) is 0 Å². The van der Waals surface area contributed by atoms with Crippen molar-refractivity contribution >= 4 is 5.97 Å². The van der Waals surface area contributed by atoms with E-state index in [1.54, 1.807) is 6.92 Å². The van der Waals surface area contributed by atoms with Gasteiger partial charge < -0.3 is 10.5 Å². The third-order valence-corrected chi connectivity index (χ3v) is 2.85. The van der Waals surface area contributed by atoms with Crippen LogP contribution in [-0.2, 0) is 9.53 Å². The summed E-state index contributed by atoms with van der Waals surface area (Å²) in [6.45, 7) is 8.32. The average molecular weight is 235 g/mol. The Balaban J connectivity index is 3.03. The first kappa shape index (κ1) is 13.7. The molecule has 0 heterocycles. The average Bonchev–Trinajstić information content (AvgIpc) is 2.28. The van der Waals surface area contributed by atoms with Crippen LogP contribution < -0.4 is 5.73 Å². The number of aryl methyl sites for hydroxylation is 1. The summed E-state index contributed by atoms with van der Waals surface area (Å²) in [7, 11) is 0. The van der Waals surface area contributed by atoms with Crippen LogP contribution >= 0.6 is 0 Å². The number of carbonyl (C=O) groups excluding carboxylic acids is 1. The molecule has 0 bridgehead atoms. The van der Waals surface area contributed by atoms with Crippen molar-refractivity contribution in [1.82, 2.24) is 0 Å². The molecular weight excluding hydrogens is 214 g/mol. The molecule has 0 aromatic heterocycles. The minimum absolute atomic E-state index is 0.357. The van der Waals surface area contributed by atoms with E-state index < -0.39 is 6.04 Å². The largest absolute Gasteiger partial charge is 0.465 e. The molecule has 94 valence electrons. The molecular formula is C14H21NO2. The number of ether oxygens (including phenoxy) is 1. The van der Waals surface area contributed by atoms with Gasteiger partial charge in [-0.1, -0.05) is 32.0 Å². The molecule has 1 unspecified atom stereocenters. The van der Waals surface area contributed by atoms with Crippen LogP contribution in [0, 0.1) is 6.92 Å². The third-order valence-electron chi connectivity index (χ3n) is 2.85. The van der Waals surface area contributed by atoms with Crippen LogP contribution in [0.2, 0.25) is 0 Å². The van der Waals surface area contributed by atoms with Crippen LogP contribution in [0.5, 0.6) is 0 Å². The highest BCUT2D eigenvalue weighted by atomic mass is 16.5. The van der Waals surface area contributed by atoms with Crippen molar-refractivity contribution in [3.63, 3.8) is 0 Å². The van der Waals surface area contributed by atoms with E-state index in [0.717, 1.165) is 11.1 Å². The zero-order valence-electron chi connectivity index (χ0n) is 11.0. The summed E-state index contributed by atoms with van der Waals surface area (Å²) in [5, 5.41) is 0. The minimum atomic E-state index is -0.686. The molecule has 0 fully saturated rings. The Bertz CT molecular complexity index is 399. The van der Waals surface area contributed by atoms with Crippen LogP contribution in [0.25, 0.3) is 0 Å². The first-order valence-corrected chi connectivity index (χ1v) is 6.00. The fourth-order valence-corrected chi connectivity index (χ4v) is 1.71. The van der Waals surface area contributed by atoms with Crippen molar-refractivity contribution in [1.29, 1.82) is 0 Å². The summed E-state index contributed by atoms with van der Waals surface area (Å²) in [6.07, 6.45) is 0. The third kappa shape index (κ3) is 3.30. The minimum Gasteiger partial charge on any atom is -0.465 e. The maximum Gasteiger partial charge on any atom is 0.327 e. The van der Waals surface area contributed by atoms with Gasteiger partial charge in [0, 0.05) is 0 Å². The van der Waals surface area contributed by atoms with Gasteiger partial charge in [-0.2, -0.15) is 0 Å². The predicted octanol–water partition coefficient (Wildman–Crippen LogP) is 2.68. The Kier molecular flexibility index (Phi) is 4.70. The van der Waals surface area contributed by atoms with Crippen LogP contribution in [0.4, 0.5) is 0 Å². The van der Waals surface area contributed by atoms with Gasteiger partial charge in [-0.3, -0.25) is 0 Å². The summed E-state index contributed by atoms with van der Waals surface area (Å²) >= 11 is 0. The predicted molar refractivity (Wildman–Crippen MR) is 68.8 cm³/mol. The molecule has 1 aromatic rings. The summed E-state index contributed by atoms with van der Waals surface area (Å²) in [4.78, 5) is 11.6. The molecule has 3 nitrogen and oxygen atoms in total. The fourth-order valence-electron chi connectivity index (χ4n) is 1.71. The van der Waals surface area contributed by atoms with Crippen LogP contribution in [0.15, 0.2) is 18.2 Å². The highest BCUT2D eigenvalue weighted by molar-refractivity contribution is 5.78. The maximum absolute atomic E-state index is 11.6. The van der Waals surface area contributed by atoms with Gasteiger partial charge in [-0.25, -0.2) is 4.79 Å². The summed E-state index contributed by atoms with van der Waals surface area (Å²) in [6, 6.07) is 5.39. The lowest BCUT2D eigenvalue weighted by molar-refractivity contribution is -0.144. The van der Waals surface area contributed by atoms with E-state index in [2.05, 4.69) is 19.9 Å². The molecule has 2 N–H and O–H groups in total. The van der Waals surface area contributed by atoms with E-state index in [4.69, 9.17) is 10.5 Å². The van der Waals surface area contributed by atoms with E-state index in [9.17, 15) is 4.79 Å². The molecule has 0 aliphatic rings. The Labute approximate surface area is 103 Å². The van der Waals surface area contributed by atoms with Crippen molar-refractivity contribution in [3.05, 3.63) is 34.9 Å². The number of rotatable bonds is 4. The van der Waals surface area contributed by atoms with Crippen molar-refractivity contribution in [2.75, 3.05) is 6.61 Å². The second-order valence-electron chi connectivity index (χ2n) is 4.50. The lowest BCUT2D eigenvalue weighted by Crippen LogP contribution is -2.24. The van der Waals surface area contributed by atoms with Crippen LogP contribution in [0.3, 0.4) is 0 Å². The van der Waals surface area contributed by atoms with E-state index in [-0.39, 0.29) is 5.97 Å². The molecule has 1 rings (SSSR count). The SMILES string of the molecule is CCOC(=O)C(N)c1cc(C(C)C)ccc1C. The molecule has 17 heavy (non-hydrogen) atoms. The van der Waals surface area contributed by atoms with E-state index in [1.165, 1.54) is 5.56 Å². The summed E-state index contributed by atoms with van der Waals surface area (Å²) in [5.41, 5.74) is 8.98. The Morgan fingerprint density at radius 1 is 1.41 bits per heavy atom. The Morgan fingerprint density at radius 2 is 2.06 bits per heavy atom. The number of carbonyl (C=O) groups is 1.